The lowest BCUT2D eigenvalue weighted by atomic mass is 9.87. The number of aromatic hydroxyl groups is 2. The van der Waals surface area contributed by atoms with E-state index < -0.39 is 0 Å². The van der Waals surface area contributed by atoms with Gasteiger partial charge in [0.1, 0.15) is 11.5 Å². The van der Waals surface area contributed by atoms with E-state index >= 15 is 0 Å². The van der Waals surface area contributed by atoms with Crippen molar-refractivity contribution in [1.29, 1.82) is 0 Å². The van der Waals surface area contributed by atoms with Gasteiger partial charge in [-0.3, -0.25) is 0 Å². The van der Waals surface area contributed by atoms with Crippen LogP contribution in [0.5, 0.6) is 11.5 Å². The second-order valence-corrected chi connectivity index (χ2v) is 7.80. The van der Waals surface area contributed by atoms with Gasteiger partial charge >= 0.3 is 0 Å². The molecule has 122 valence electrons. The summed E-state index contributed by atoms with van der Waals surface area (Å²) in [4.78, 5) is 1.12. The Balaban J connectivity index is 1.83. The Kier molecular flexibility index (Phi) is 4.07. The molecule has 0 fully saturated rings. The lowest BCUT2D eigenvalue weighted by Crippen LogP contribution is -2.08. The summed E-state index contributed by atoms with van der Waals surface area (Å²) < 4.78 is 0. The van der Waals surface area contributed by atoms with E-state index in [0.717, 1.165) is 51.1 Å². The highest BCUT2D eigenvalue weighted by Gasteiger charge is 2.29. The SMILES string of the molecule is Oc1c2c(c(O)c3ccccc13)C(Sc1ccc(Cl)cc1)CCC2. The van der Waals surface area contributed by atoms with E-state index in [-0.39, 0.29) is 5.25 Å². The number of phenols is 2. The van der Waals surface area contributed by atoms with Gasteiger partial charge < -0.3 is 10.2 Å². The van der Waals surface area contributed by atoms with Gasteiger partial charge in [0.2, 0.25) is 0 Å². The second kappa shape index (κ2) is 6.23. The topological polar surface area (TPSA) is 40.5 Å². The molecular weight excluding hydrogens is 340 g/mol. The molecule has 4 heteroatoms. The summed E-state index contributed by atoms with van der Waals surface area (Å²) >= 11 is 7.68. The van der Waals surface area contributed by atoms with Gasteiger partial charge in [0.25, 0.3) is 0 Å². The van der Waals surface area contributed by atoms with Crippen LogP contribution in [0.15, 0.2) is 53.4 Å². The van der Waals surface area contributed by atoms with Crippen LogP contribution in [0.3, 0.4) is 0 Å². The van der Waals surface area contributed by atoms with E-state index in [9.17, 15) is 10.2 Å². The molecule has 1 aliphatic carbocycles. The molecule has 0 saturated carbocycles. The standard InChI is InChI=1S/C20H17ClO2S/c21-12-8-10-13(11-9-12)24-17-7-3-6-16-18(17)20(23)15-5-2-1-4-14(15)19(16)22/h1-2,4-5,8-11,17,22-23H,3,6-7H2. The number of benzene rings is 3. The third kappa shape index (κ3) is 2.62. The molecule has 0 radical (unpaired) electrons. The molecule has 0 heterocycles. The maximum atomic E-state index is 10.9. The van der Waals surface area contributed by atoms with E-state index in [4.69, 9.17) is 11.6 Å². The van der Waals surface area contributed by atoms with Crippen molar-refractivity contribution in [3.05, 3.63) is 64.7 Å². The van der Waals surface area contributed by atoms with E-state index in [0.29, 0.717) is 11.5 Å². The molecule has 3 aromatic rings. The first-order chi connectivity index (χ1) is 11.6. The van der Waals surface area contributed by atoms with Crippen LogP contribution in [0.4, 0.5) is 0 Å². The number of halogens is 1. The van der Waals surface area contributed by atoms with Crippen molar-refractivity contribution >= 4 is 34.1 Å². The van der Waals surface area contributed by atoms with E-state index in [2.05, 4.69) is 0 Å². The second-order valence-electron chi connectivity index (χ2n) is 6.09. The zero-order valence-electron chi connectivity index (χ0n) is 13.0. The Bertz CT molecular complexity index is 906. The fourth-order valence-electron chi connectivity index (χ4n) is 3.48. The number of fused-ring (bicyclic) bond motifs is 2. The highest BCUT2D eigenvalue weighted by Crippen LogP contribution is 2.52. The molecule has 0 saturated heterocycles. The number of hydrogen-bond acceptors (Lipinski definition) is 3. The molecule has 1 unspecified atom stereocenters. The van der Waals surface area contributed by atoms with Crippen molar-refractivity contribution in [2.75, 3.05) is 0 Å². The summed E-state index contributed by atoms with van der Waals surface area (Å²) in [5.74, 6) is 0.629. The highest BCUT2D eigenvalue weighted by molar-refractivity contribution is 7.99. The van der Waals surface area contributed by atoms with Crippen LogP contribution in [0.2, 0.25) is 5.02 Å². The Morgan fingerprint density at radius 2 is 1.58 bits per heavy atom. The van der Waals surface area contributed by atoms with Crippen LogP contribution in [0, 0.1) is 0 Å². The van der Waals surface area contributed by atoms with Gasteiger partial charge in [-0.1, -0.05) is 35.9 Å². The third-order valence-electron chi connectivity index (χ3n) is 4.61. The molecule has 0 aromatic heterocycles. The molecule has 0 spiro atoms. The smallest absolute Gasteiger partial charge is 0.128 e. The van der Waals surface area contributed by atoms with E-state index in [1.807, 2.05) is 48.5 Å². The van der Waals surface area contributed by atoms with Crippen molar-refractivity contribution in [2.45, 2.75) is 29.4 Å². The summed E-state index contributed by atoms with van der Waals surface area (Å²) in [7, 11) is 0. The largest absolute Gasteiger partial charge is 0.507 e. The van der Waals surface area contributed by atoms with Crippen molar-refractivity contribution < 1.29 is 10.2 Å². The first kappa shape index (κ1) is 15.7. The first-order valence-electron chi connectivity index (χ1n) is 8.03. The maximum Gasteiger partial charge on any atom is 0.128 e. The summed E-state index contributed by atoms with van der Waals surface area (Å²) in [6.07, 6.45) is 2.78. The van der Waals surface area contributed by atoms with Gasteiger partial charge in [-0.15, -0.1) is 11.8 Å². The summed E-state index contributed by atoms with van der Waals surface area (Å²) in [6.45, 7) is 0. The van der Waals surface area contributed by atoms with Crippen LogP contribution in [0.1, 0.15) is 29.2 Å². The predicted octanol–water partition coefficient (Wildman–Crippen LogP) is 6.07. The molecule has 0 bridgehead atoms. The Morgan fingerprint density at radius 3 is 2.29 bits per heavy atom. The molecular formula is C20H17ClO2S. The van der Waals surface area contributed by atoms with E-state index in [1.54, 1.807) is 11.8 Å². The van der Waals surface area contributed by atoms with Crippen LogP contribution in [0.25, 0.3) is 10.8 Å². The van der Waals surface area contributed by atoms with Gasteiger partial charge in [-0.05, 0) is 43.5 Å². The van der Waals surface area contributed by atoms with Crippen molar-refractivity contribution in [1.82, 2.24) is 0 Å². The van der Waals surface area contributed by atoms with Crippen molar-refractivity contribution in [2.24, 2.45) is 0 Å². The summed E-state index contributed by atoms with van der Waals surface area (Å²) in [6, 6.07) is 15.3. The molecule has 2 N–H and O–H groups in total. The lowest BCUT2D eigenvalue weighted by molar-refractivity contribution is 0.448. The zero-order valence-corrected chi connectivity index (χ0v) is 14.6. The minimum absolute atomic E-state index is 0.130. The highest BCUT2D eigenvalue weighted by atomic mass is 35.5. The van der Waals surface area contributed by atoms with Crippen LogP contribution < -0.4 is 0 Å². The number of thioether (sulfide) groups is 1. The third-order valence-corrected chi connectivity index (χ3v) is 6.16. The zero-order chi connectivity index (χ0) is 16.7. The van der Waals surface area contributed by atoms with Gasteiger partial charge in [-0.25, -0.2) is 0 Å². The van der Waals surface area contributed by atoms with E-state index in [1.165, 1.54) is 0 Å². The van der Waals surface area contributed by atoms with Crippen LogP contribution in [-0.4, -0.2) is 10.2 Å². The molecule has 2 nitrogen and oxygen atoms in total. The maximum absolute atomic E-state index is 10.9. The molecule has 1 atom stereocenters. The average molecular weight is 357 g/mol. The Hall–Kier alpha value is -1.84. The number of phenolic OH excluding ortho intramolecular Hbond substituents is 2. The average Bonchev–Trinajstić information content (AvgIpc) is 2.61. The van der Waals surface area contributed by atoms with Crippen molar-refractivity contribution in [3.63, 3.8) is 0 Å². The molecule has 3 aromatic carbocycles. The minimum Gasteiger partial charge on any atom is -0.507 e. The summed E-state index contributed by atoms with van der Waals surface area (Å²) in [5.41, 5.74) is 1.78. The lowest BCUT2D eigenvalue weighted by Gasteiger charge is -2.28. The van der Waals surface area contributed by atoms with Gasteiger partial charge in [0.15, 0.2) is 0 Å². The predicted molar refractivity (Wildman–Crippen MR) is 100 cm³/mol. The minimum atomic E-state index is 0.130. The monoisotopic (exact) mass is 356 g/mol. The molecule has 24 heavy (non-hydrogen) atoms. The molecule has 0 aliphatic heterocycles. The van der Waals surface area contributed by atoms with Crippen LogP contribution >= 0.6 is 23.4 Å². The fourth-order valence-corrected chi connectivity index (χ4v) is 4.88. The van der Waals surface area contributed by atoms with Gasteiger partial charge in [-0.2, -0.15) is 0 Å². The van der Waals surface area contributed by atoms with Gasteiger partial charge in [0, 0.05) is 37.1 Å². The number of rotatable bonds is 2. The molecule has 0 amide bonds. The fraction of sp³-hybridized carbons (Fsp3) is 0.200. The first-order valence-corrected chi connectivity index (χ1v) is 9.28. The van der Waals surface area contributed by atoms with Crippen molar-refractivity contribution in [3.8, 4) is 11.5 Å². The normalized spacial score (nSPS) is 17.0. The van der Waals surface area contributed by atoms with Gasteiger partial charge in [0.05, 0.1) is 0 Å². The van der Waals surface area contributed by atoms with Crippen LogP contribution in [-0.2, 0) is 6.42 Å². The number of hydrogen-bond donors (Lipinski definition) is 2. The summed E-state index contributed by atoms with van der Waals surface area (Å²) in [5, 5.41) is 23.9. The quantitative estimate of drug-likeness (QED) is 0.547. The Morgan fingerprint density at radius 1 is 0.917 bits per heavy atom. The molecule has 4 rings (SSSR count). The molecule has 1 aliphatic rings. The Labute approximate surface area is 150 Å².